The summed E-state index contributed by atoms with van der Waals surface area (Å²) in [6, 6.07) is 3.78. The number of rotatable bonds is 3. The molecule has 2 aromatic rings. The second kappa shape index (κ2) is 4.26. The minimum absolute atomic E-state index is 0.527. The van der Waals surface area contributed by atoms with E-state index in [-0.39, 0.29) is 0 Å². The molecule has 0 aliphatic heterocycles. The van der Waals surface area contributed by atoms with E-state index in [2.05, 4.69) is 13.7 Å². The Morgan fingerprint density at radius 1 is 1.43 bits per heavy atom. The number of aliphatic hydroxyl groups is 1. The number of aliphatic hydroxyl groups excluding tert-OH is 1. The molecule has 0 bridgehead atoms. The highest BCUT2D eigenvalue weighted by molar-refractivity contribution is 6.99. The van der Waals surface area contributed by atoms with Crippen molar-refractivity contribution in [3.8, 4) is 0 Å². The number of pyridine rings is 1. The minimum Gasteiger partial charge on any atom is -0.386 e. The Balaban J connectivity index is 2.06. The Hall–Kier alpha value is -1.33. The van der Waals surface area contributed by atoms with Gasteiger partial charge in [0.2, 0.25) is 0 Å². The lowest BCUT2D eigenvalue weighted by atomic mass is 10.1. The molecule has 14 heavy (non-hydrogen) atoms. The van der Waals surface area contributed by atoms with E-state index in [1.807, 2.05) is 12.1 Å². The zero-order valence-electron chi connectivity index (χ0n) is 7.37. The standard InChI is InChI=1S/C9H9N3OS/c13-9(8-6-11-14-12-8)4-7-2-1-3-10-5-7/h1-3,5-6,9,13H,4H2. The quantitative estimate of drug-likeness (QED) is 0.821. The summed E-state index contributed by atoms with van der Waals surface area (Å²) in [5.41, 5.74) is 1.62. The summed E-state index contributed by atoms with van der Waals surface area (Å²) in [6.45, 7) is 0. The Labute approximate surface area is 85.6 Å². The van der Waals surface area contributed by atoms with Gasteiger partial charge < -0.3 is 5.11 Å². The van der Waals surface area contributed by atoms with Gasteiger partial charge in [0.05, 0.1) is 17.9 Å². The molecule has 2 aromatic heterocycles. The first-order chi connectivity index (χ1) is 6.86. The van der Waals surface area contributed by atoms with E-state index in [9.17, 15) is 5.11 Å². The van der Waals surface area contributed by atoms with Crippen molar-refractivity contribution in [1.82, 2.24) is 13.7 Å². The van der Waals surface area contributed by atoms with Crippen molar-refractivity contribution in [2.45, 2.75) is 12.5 Å². The van der Waals surface area contributed by atoms with Crippen LogP contribution in [0.1, 0.15) is 17.4 Å². The van der Waals surface area contributed by atoms with Crippen molar-refractivity contribution in [3.05, 3.63) is 42.0 Å². The monoisotopic (exact) mass is 207 g/mol. The van der Waals surface area contributed by atoms with Gasteiger partial charge >= 0.3 is 0 Å². The van der Waals surface area contributed by atoms with Gasteiger partial charge in [0, 0.05) is 18.8 Å². The molecule has 0 amide bonds. The molecule has 0 aliphatic carbocycles. The molecule has 2 rings (SSSR count). The largest absolute Gasteiger partial charge is 0.386 e. The van der Waals surface area contributed by atoms with E-state index < -0.39 is 6.10 Å². The number of hydrogen-bond acceptors (Lipinski definition) is 5. The van der Waals surface area contributed by atoms with E-state index in [1.165, 1.54) is 0 Å². The van der Waals surface area contributed by atoms with Gasteiger partial charge in [-0.1, -0.05) is 6.07 Å². The highest BCUT2D eigenvalue weighted by Gasteiger charge is 2.10. The van der Waals surface area contributed by atoms with Gasteiger partial charge in [0.25, 0.3) is 0 Å². The molecule has 0 spiro atoms. The van der Waals surface area contributed by atoms with Crippen LogP contribution in [-0.2, 0) is 6.42 Å². The molecule has 0 radical (unpaired) electrons. The zero-order valence-corrected chi connectivity index (χ0v) is 8.18. The van der Waals surface area contributed by atoms with E-state index in [4.69, 9.17) is 0 Å². The van der Waals surface area contributed by atoms with E-state index in [0.717, 1.165) is 17.3 Å². The lowest BCUT2D eigenvalue weighted by Gasteiger charge is -2.05. The van der Waals surface area contributed by atoms with Gasteiger partial charge in [-0.25, -0.2) is 0 Å². The fourth-order valence-corrected chi connectivity index (χ4v) is 1.63. The van der Waals surface area contributed by atoms with Gasteiger partial charge in [-0.3, -0.25) is 4.98 Å². The fourth-order valence-electron chi connectivity index (χ4n) is 1.17. The van der Waals surface area contributed by atoms with Crippen LogP contribution in [0.15, 0.2) is 30.7 Å². The molecule has 1 unspecified atom stereocenters. The van der Waals surface area contributed by atoms with Crippen LogP contribution in [-0.4, -0.2) is 18.8 Å². The first-order valence-corrected chi connectivity index (χ1v) is 4.94. The summed E-state index contributed by atoms with van der Waals surface area (Å²) < 4.78 is 7.81. The van der Waals surface area contributed by atoms with Crippen molar-refractivity contribution in [2.75, 3.05) is 0 Å². The van der Waals surface area contributed by atoms with Gasteiger partial charge in [-0.05, 0) is 11.6 Å². The molecule has 0 saturated heterocycles. The summed E-state index contributed by atoms with van der Waals surface area (Å²) in [7, 11) is 0. The molecule has 2 heterocycles. The Kier molecular flexibility index (Phi) is 2.81. The van der Waals surface area contributed by atoms with Gasteiger partial charge in [0.15, 0.2) is 0 Å². The van der Waals surface area contributed by atoms with Crippen molar-refractivity contribution >= 4 is 11.7 Å². The average molecular weight is 207 g/mol. The van der Waals surface area contributed by atoms with Crippen LogP contribution >= 0.6 is 11.7 Å². The first-order valence-electron chi connectivity index (χ1n) is 4.20. The molecule has 1 atom stereocenters. The lowest BCUT2D eigenvalue weighted by molar-refractivity contribution is 0.174. The van der Waals surface area contributed by atoms with Crippen LogP contribution in [0.5, 0.6) is 0 Å². The van der Waals surface area contributed by atoms with Crippen LogP contribution in [0, 0.1) is 0 Å². The number of aromatic nitrogens is 3. The van der Waals surface area contributed by atoms with Crippen molar-refractivity contribution in [3.63, 3.8) is 0 Å². The molecular weight excluding hydrogens is 198 g/mol. The fraction of sp³-hybridized carbons (Fsp3) is 0.222. The minimum atomic E-state index is -0.585. The van der Waals surface area contributed by atoms with Crippen molar-refractivity contribution < 1.29 is 5.11 Å². The van der Waals surface area contributed by atoms with Crippen LogP contribution in [0.4, 0.5) is 0 Å². The van der Waals surface area contributed by atoms with E-state index in [1.54, 1.807) is 18.6 Å². The lowest BCUT2D eigenvalue weighted by Crippen LogP contribution is -2.01. The highest BCUT2D eigenvalue weighted by atomic mass is 32.1. The normalized spacial score (nSPS) is 12.6. The SMILES string of the molecule is OC(Cc1cccnc1)c1cnsn1. The molecule has 0 aliphatic rings. The van der Waals surface area contributed by atoms with Crippen molar-refractivity contribution in [2.24, 2.45) is 0 Å². The maximum Gasteiger partial charge on any atom is 0.103 e. The van der Waals surface area contributed by atoms with Gasteiger partial charge in [-0.2, -0.15) is 8.75 Å². The summed E-state index contributed by atoms with van der Waals surface area (Å²) in [4.78, 5) is 3.97. The summed E-state index contributed by atoms with van der Waals surface area (Å²) in [5.74, 6) is 0. The third kappa shape index (κ3) is 2.12. The summed E-state index contributed by atoms with van der Waals surface area (Å²) in [6.07, 6.45) is 4.98. The van der Waals surface area contributed by atoms with Crippen LogP contribution in [0.2, 0.25) is 0 Å². The molecule has 0 saturated carbocycles. The Morgan fingerprint density at radius 2 is 2.36 bits per heavy atom. The molecule has 4 nitrogen and oxygen atoms in total. The second-order valence-corrected chi connectivity index (χ2v) is 3.47. The van der Waals surface area contributed by atoms with Crippen LogP contribution in [0.25, 0.3) is 0 Å². The second-order valence-electron chi connectivity index (χ2n) is 2.91. The predicted molar refractivity (Wildman–Crippen MR) is 52.8 cm³/mol. The zero-order chi connectivity index (χ0) is 9.80. The third-order valence-corrected chi connectivity index (χ3v) is 2.36. The Bertz CT molecular complexity index is 376. The third-order valence-electron chi connectivity index (χ3n) is 1.87. The topological polar surface area (TPSA) is 58.9 Å². The maximum atomic E-state index is 9.74. The van der Waals surface area contributed by atoms with E-state index in [0.29, 0.717) is 12.1 Å². The highest BCUT2D eigenvalue weighted by Crippen LogP contribution is 2.15. The average Bonchev–Trinajstić information content (AvgIpc) is 2.72. The van der Waals surface area contributed by atoms with Gasteiger partial charge in [-0.15, -0.1) is 0 Å². The van der Waals surface area contributed by atoms with Gasteiger partial charge in [0.1, 0.15) is 11.8 Å². The molecule has 1 N–H and O–H groups in total. The molecule has 0 aromatic carbocycles. The number of nitrogens with zero attached hydrogens (tertiary/aromatic N) is 3. The summed E-state index contributed by atoms with van der Waals surface area (Å²) in [5, 5.41) is 9.74. The van der Waals surface area contributed by atoms with Crippen molar-refractivity contribution in [1.29, 1.82) is 0 Å². The predicted octanol–water partition coefficient (Wildman–Crippen LogP) is 1.21. The van der Waals surface area contributed by atoms with E-state index >= 15 is 0 Å². The van der Waals surface area contributed by atoms with Crippen LogP contribution < -0.4 is 0 Å². The summed E-state index contributed by atoms with van der Waals surface area (Å²) >= 11 is 1.10. The smallest absolute Gasteiger partial charge is 0.103 e. The first kappa shape index (κ1) is 9.23. The molecule has 72 valence electrons. The maximum absolute atomic E-state index is 9.74. The molecular formula is C9H9N3OS. The Morgan fingerprint density at radius 3 is 3.00 bits per heavy atom. The van der Waals surface area contributed by atoms with Crippen LogP contribution in [0.3, 0.4) is 0 Å². The number of hydrogen-bond donors (Lipinski definition) is 1. The molecule has 5 heteroatoms. The molecule has 0 fully saturated rings.